The molecule has 160 valence electrons. The molecule has 2 aliphatic heterocycles. The fraction of sp³-hybridized carbons (Fsp3) is 0.647. The van der Waals surface area contributed by atoms with E-state index in [1.54, 1.807) is 0 Å². The van der Waals surface area contributed by atoms with Crippen molar-refractivity contribution in [2.24, 2.45) is 0 Å². The van der Waals surface area contributed by atoms with Crippen LogP contribution < -0.4 is 4.90 Å². The van der Waals surface area contributed by atoms with Crippen LogP contribution >= 0.6 is 0 Å². The molecule has 0 radical (unpaired) electrons. The molecule has 0 aliphatic carbocycles. The molecule has 0 amide bonds. The highest BCUT2D eigenvalue weighted by molar-refractivity contribution is 5.76. The van der Waals surface area contributed by atoms with Crippen molar-refractivity contribution in [1.29, 1.82) is 0 Å². The average Bonchev–Trinajstić information content (AvgIpc) is 3.16. The molecule has 29 heavy (non-hydrogen) atoms. The molecule has 1 aromatic rings. The molecule has 2 heterocycles. The van der Waals surface area contributed by atoms with Crippen LogP contribution in [0, 0.1) is 20.2 Å². The summed E-state index contributed by atoms with van der Waals surface area (Å²) < 4.78 is 39.2. The van der Waals surface area contributed by atoms with Crippen LogP contribution in [0.1, 0.15) is 18.9 Å². The Kier molecular flexibility index (Phi) is 5.94. The van der Waals surface area contributed by atoms with Crippen molar-refractivity contribution in [3.05, 3.63) is 37.9 Å². The van der Waals surface area contributed by atoms with E-state index in [0.717, 1.165) is 32.7 Å². The summed E-state index contributed by atoms with van der Waals surface area (Å²) in [7, 11) is 0. The lowest BCUT2D eigenvalue weighted by Crippen LogP contribution is -2.50. The van der Waals surface area contributed by atoms with Gasteiger partial charge >= 0.3 is 6.18 Å². The van der Waals surface area contributed by atoms with E-state index >= 15 is 0 Å². The molecular formula is C17H22F3N5O4. The van der Waals surface area contributed by atoms with Crippen LogP contribution in [0.3, 0.4) is 0 Å². The number of nitrogens with zero attached hydrogens (tertiary/aromatic N) is 5. The number of anilines is 1. The molecule has 1 atom stereocenters. The van der Waals surface area contributed by atoms with Crippen molar-refractivity contribution in [2.45, 2.75) is 25.6 Å². The van der Waals surface area contributed by atoms with Crippen molar-refractivity contribution in [3.63, 3.8) is 0 Å². The molecule has 0 bridgehead atoms. The lowest BCUT2D eigenvalue weighted by Gasteiger charge is -2.37. The maximum atomic E-state index is 13.1. The molecule has 0 spiro atoms. The fourth-order valence-electron chi connectivity index (χ4n) is 4.06. The van der Waals surface area contributed by atoms with Gasteiger partial charge in [0.2, 0.25) is 0 Å². The molecule has 0 N–H and O–H groups in total. The quantitative estimate of drug-likeness (QED) is 0.537. The summed E-state index contributed by atoms with van der Waals surface area (Å²) in [6.45, 7) is 7.09. The Morgan fingerprint density at radius 3 is 2.03 bits per heavy atom. The SMILES string of the molecule is CCN1CCN(C2CCN(c3c([N+](=O)[O-])cc(C(F)(F)F)cc3[N+](=O)[O-])C2)CC1. The van der Waals surface area contributed by atoms with Gasteiger partial charge < -0.3 is 9.80 Å². The Hall–Kier alpha value is -2.47. The number of hydrogen-bond donors (Lipinski definition) is 0. The number of halogens is 3. The topological polar surface area (TPSA) is 96.0 Å². The summed E-state index contributed by atoms with van der Waals surface area (Å²) in [6, 6.07) is 0.821. The number of benzene rings is 1. The largest absolute Gasteiger partial charge is 0.416 e. The number of nitro benzene ring substituents is 2. The summed E-state index contributed by atoms with van der Waals surface area (Å²) in [5.74, 6) is 0. The van der Waals surface area contributed by atoms with Gasteiger partial charge in [-0.25, -0.2) is 0 Å². The first-order valence-corrected chi connectivity index (χ1v) is 9.37. The number of nitro groups is 2. The second-order valence-corrected chi connectivity index (χ2v) is 7.23. The lowest BCUT2D eigenvalue weighted by molar-refractivity contribution is -0.393. The van der Waals surface area contributed by atoms with Crippen LogP contribution in [0.25, 0.3) is 0 Å². The van der Waals surface area contributed by atoms with Gasteiger partial charge in [-0.15, -0.1) is 0 Å². The van der Waals surface area contributed by atoms with Crippen LogP contribution in [0.5, 0.6) is 0 Å². The first kappa shape index (κ1) is 21.2. The Labute approximate surface area is 165 Å². The van der Waals surface area contributed by atoms with Crippen molar-refractivity contribution in [2.75, 3.05) is 50.7 Å². The standard InChI is InChI=1S/C17H22F3N5O4/c1-2-21-5-7-22(8-6-21)13-3-4-23(11-13)16-14(24(26)27)9-12(17(18,19)20)10-15(16)25(28)29/h9-10,13H,2-8,11H2,1H3. The van der Waals surface area contributed by atoms with E-state index in [2.05, 4.69) is 16.7 Å². The molecule has 9 nitrogen and oxygen atoms in total. The van der Waals surface area contributed by atoms with Gasteiger partial charge in [-0.1, -0.05) is 6.92 Å². The third-order valence-corrected chi connectivity index (χ3v) is 5.64. The normalized spacial score (nSPS) is 21.5. The minimum Gasteiger partial charge on any atom is -0.359 e. The molecule has 0 aromatic heterocycles. The third kappa shape index (κ3) is 4.42. The molecule has 2 aliphatic rings. The van der Waals surface area contributed by atoms with E-state index in [1.807, 2.05) is 0 Å². The Morgan fingerprint density at radius 2 is 1.59 bits per heavy atom. The highest BCUT2D eigenvalue weighted by Gasteiger charge is 2.41. The Morgan fingerprint density at radius 1 is 1.03 bits per heavy atom. The summed E-state index contributed by atoms with van der Waals surface area (Å²) in [5.41, 5.74) is -3.51. The van der Waals surface area contributed by atoms with Gasteiger partial charge in [0.25, 0.3) is 11.4 Å². The van der Waals surface area contributed by atoms with Crippen molar-refractivity contribution >= 4 is 17.1 Å². The minimum atomic E-state index is -4.92. The maximum absolute atomic E-state index is 13.1. The summed E-state index contributed by atoms with van der Waals surface area (Å²) >= 11 is 0. The molecule has 1 unspecified atom stereocenters. The van der Waals surface area contributed by atoms with E-state index < -0.39 is 33.0 Å². The Balaban J connectivity index is 1.90. The third-order valence-electron chi connectivity index (χ3n) is 5.64. The number of likely N-dealkylation sites (N-methyl/N-ethyl adjacent to an activating group) is 1. The predicted molar refractivity (Wildman–Crippen MR) is 99.1 cm³/mol. The van der Waals surface area contributed by atoms with Crippen molar-refractivity contribution in [3.8, 4) is 0 Å². The second-order valence-electron chi connectivity index (χ2n) is 7.23. The van der Waals surface area contributed by atoms with E-state index in [1.165, 1.54) is 4.90 Å². The van der Waals surface area contributed by atoms with E-state index in [-0.39, 0.29) is 11.7 Å². The molecule has 1 aromatic carbocycles. The van der Waals surface area contributed by atoms with Gasteiger partial charge in [0.05, 0.1) is 15.4 Å². The van der Waals surface area contributed by atoms with E-state index in [9.17, 15) is 33.4 Å². The monoisotopic (exact) mass is 417 g/mol. The zero-order valence-electron chi connectivity index (χ0n) is 15.9. The molecule has 2 saturated heterocycles. The molecule has 2 fully saturated rings. The van der Waals surface area contributed by atoms with Crippen LogP contribution in [-0.2, 0) is 6.18 Å². The zero-order valence-corrected chi connectivity index (χ0v) is 15.9. The predicted octanol–water partition coefficient (Wildman–Crippen LogP) is 2.74. The van der Waals surface area contributed by atoms with Gasteiger partial charge in [0, 0.05) is 57.4 Å². The summed E-state index contributed by atoms with van der Waals surface area (Å²) in [5, 5.41) is 22.9. The highest BCUT2D eigenvalue weighted by Crippen LogP contribution is 2.44. The number of piperazine rings is 1. The van der Waals surface area contributed by atoms with Crippen LogP contribution in [0.2, 0.25) is 0 Å². The van der Waals surface area contributed by atoms with E-state index in [0.29, 0.717) is 31.6 Å². The second kappa shape index (κ2) is 8.11. The Bertz CT molecular complexity index is 761. The van der Waals surface area contributed by atoms with Gasteiger partial charge in [-0.2, -0.15) is 13.2 Å². The summed E-state index contributed by atoms with van der Waals surface area (Å²) in [6.07, 6.45) is -4.28. The highest BCUT2D eigenvalue weighted by atomic mass is 19.4. The zero-order chi connectivity index (χ0) is 21.3. The maximum Gasteiger partial charge on any atom is 0.416 e. The number of alkyl halides is 3. The van der Waals surface area contributed by atoms with Crippen LogP contribution in [0.4, 0.5) is 30.2 Å². The van der Waals surface area contributed by atoms with Gasteiger partial charge in [-0.05, 0) is 13.0 Å². The first-order valence-electron chi connectivity index (χ1n) is 9.37. The molecule has 3 rings (SSSR count). The van der Waals surface area contributed by atoms with Crippen LogP contribution in [-0.4, -0.2) is 71.5 Å². The van der Waals surface area contributed by atoms with Crippen LogP contribution in [0.15, 0.2) is 12.1 Å². The lowest BCUT2D eigenvalue weighted by atomic mass is 10.1. The minimum absolute atomic E-state index is 0.0514. The van der Waals surface area contributed by atoms with Gasteiger partial charge in [0.15, 0.2) is 5.69 Å². The van der Waals surface area contributed by atoms with Gasteiger partial charge in [0.1, 0.15) is 0 Å². The smallest absolute Gasteiger partial charge is 0.359 e. The average molecular weight is 417 g/mol. The summed E-state index contributed by atoms with van der Waals surface area (Å²) in [4.78, 5) is 27.0. The molecular weight excluding hydrogens is 395 g/mol. The van der Waals surface area contributed by atoms with Gasteiger partial charge in [-0.3, -0.25) is 25.1 Å². The molecule has 12 heteroatoms. The number of hydrogen-bond acceptors (Lipinski definition) is 7. The fourth-order valence-corrected chi connectivity index (χ4v) is 4.06. The van der Waals surface area contributed by atoms with E-state index in [4.69, 9.17) is 0 Å². The van der Waals surface area contributed by atoms with Crippen molar-refractivity contribution < 1.29 is 23.0 Å². The van der Waals surface area contributed by atoms with Crippen molar-refractivity contribution in [1.82, 2.24) is 9.80 Å². The molecule has 0 saturated carbocycles. The number of rotatable bonds is 5. The first-order chi connectivity index (χ1) is 13.6.